The maximum absolute atomic E-state index is 5.77. The van der Waals surface area contributed by atoms with E-state index < -0.39 is 8.32 Å². The van der Waals surface area contributed by atoms with Crippen molar-refractivity contribution < 1.29 is 8.85 Å². The Balaban J connectivity index is 3.38. The number of ether oxygens (including phenoxy) is 1. The molecule has 68 valence electrons. The van der Waals surface area contributed by atoms with Crippen LogP contribution in [0.15, 0.2) is 0 Å². The van der Waals surface area contributed by atoms with E-state index in [1.54, 1.807) is 0 Å². The molecule has 0 heterocycles. The van der Waals surface area contributed by atoms with Gasteiger partial charge in [0.05, 0.1) is 0 Å². The zero-order valence-corrected chi connectivity index (χ0v) is 10.6. The van der Waals surface area contributed by atoms with Crippen LogP contribution in [0, 0.1) is 0 Å². The van der Waals surface area contributed by atoms with Gasteiger partial charge in [0.2, 0.25) is 0 Å². The average Bonchev–Trinajstić information content (AvgIpc) is 1.87. The maximum Gasteiger partial charge on any atom is 0.175 e. The molecule has 0 radical (unpaired) electrons. The van der Waals surface area contributed by atoms with E-state index in [0.29, 0.717) is 0 Å². The van der Waals surface area contributed by atoms with Gasteiger partial charge in [0.1, 0.15) is 9.76 Å². The van der Waals surface area contributed by atoms with Gasteiger partial charge < -0.3 is 8.85 Å². The summed E-state index contributed by atoms with van der Waals surface area (Å²) in [7, 11) is -1.52. The Morgan fingerprint density at radius 3 is 2.45 bits per heavy atom. The van der Waals surface area contributed by atoms with Gasteiger partial charge in [-0.15, -0.1) is 0 Å². The van der Waals surface area contributed by atoms with E-state index in [9.17, 15) is 0 Å². The first-order valence-corrected chi connectivity index (χ1v) is 9.44. The highest BCUT2D eigenvalue weighted by atomic mass is 28.4. The minimum Gasteiger partial charge on any atom is -0.461 e. The lowest BCUT2D eigenvalue weighted by molar-refractivity contribution is 0.159. The smallest absolute Gasteiger partial charge is 0.175 e. The summed E-state index contributed by atoms with van der Waals surface area (Å²) in [5.74, 6) is 0. The quantitative estimate of drug-likeness (QED) is 0.467. The van der Waals surface area contributed by atoms with Gasteiger partial charge in [0, 0.05) is 13.2 Å². The molecule has 0 fully saturated rings. The molecule has 0 N–H and O–H groups in total. The number of hydrogen-bond donors (Lipinski definition) is 0. The molecule has 0 spiro atoms. The third-order valence-corrected chi connectivity index (χ3v) is 7.28. The number of hydrogen-bond acceptors (Lipinski definition) is 2. The highest BCUT2D eigenvalue weighted by Gasteiger charge is 2.19. The van der Waals surface area contributed by atoms with Gasteiger partial charge in [-0.3, -0.25) is 0 Å². The van der Waals surface area contributed by atoms with Gasteiger partial charge in [0.15, 0.2) is 8.32 Å². The van der Waals surface area contributed by atoms with Crippen LogP contribution in [0.1, 0.15) is 6.92 Å². The highest BCUT2D eigenvalue weighted by Crippen LogP contribution is 2.09. The van der Waals surface area contributed by atoms with E-state index >= 15 is 0 Å². The summed E-state index contributed by atoms with van der Waals surface area (Å²) in [6, 6.07) is 1.14. The molecule has 2 nitrogen and oxygen atoms in total. The summed E-state index contributed by atoms with van der Waals surface area (Å²) in [4.78, 5) is 0. The zero-order chi connectivity index (χ0) is 8.74. The summed E-state index contributed by atoms with van der Waals surface area (Å²) < 4.78 is 11.1. The van der Waals surface area contributed by atoms with Gasteiger partial charge in [-0.25, -0.2) is 0 Å². The van der Waals surface area contributed by atoms with Gasteiger partial charge in [-0.2, -0.15) is 0 Å². The normalized spacial score (nSPS) is 13.1. The van der Waals surface area contributed by atoms with Crippen molar-refractivity contribution >= 4 is 18.1 Å². The second-order valence-electron chi connectivity index (χ2n) is 3.14. The molecule has 0 saturated carbocycles. The van der Waals surface area contributed by atoms with Crippen LogP contribution in [-0.4, -0.2) is 31.3 Å². The Hall–Kier alpha value is 0.354. The van der Waals surface area contributed by atoms with Crippen molar-refractivity contribution in [2.24, 2.45) is 0 Å². The summed E-state index contributed by atoms with van der Waals surface area (Å²) in [6.45, 7) is 10.5. The van der Waals surface area contributed by atoms with E-state index in [2.05, 4.69) is 19.6 Å². The van der Waals surface area contributed by atoms with Crippen molar-refractivity contribution in [3.05, 3.63) is 0 Å². The standard InChI is InChI=1S/C7H20O2Si2/c1-5-8-6-7-11(3,4)9-10-2/h5-7,10H2,1-4H3. The van der Waals surface area contributed by atoms with Crippen LogP contribution in [0.4, 0.5) is 0 Å². The molecule has 0 aliphatic carbocycles. The van der Waals surface area contributed by atoms with E-state index in [1.807, 2.05) is 6.92 Å². The average molecular weight is 192 g/mol. The molecule has 0 amide bonds. The molecule has 11 heavy (non-hydrogen) atoms. The predicted molar refractivity (Wildman–Crippen MR) is 54.3 cm³/mol. The maximum atomic E-state index is 5.77. The molecule has 0 bridgehead atoms. The number of rotatable bonds is 6. The Morgan fingerprint density at radius 2 is 2.00 bits per heavy atom. The fourth-order valence-electron chi connectivity index (χ4n) is 0.925. The zero-order valence-electron chi connectivity index (χ0n) is 8.14. The largest absolute Gasteiger partial charge is 0.461 e. The molecule has 0 unspecified atom stereocenters. The molecule has 0 atom stereocenters. The van der Waals surface area contributed by atoms with Gasteiger partial charge in [-0.05, 0) is 26.1 Å². The molecule has 0 saturated heterocycles. The molecule has 0 aliphatic heterocycles. The van der Waals surface area contributed by atoms with Crippen molar-refractivity contribution in [3.63, 3.8) is 0 Å². The van der Waals surface area contributed by atoms with Gasteiger partial charge in [0.25, 0.3) is 0 Å². The molecule has 0 rings (SSSR count). The molecule has 4 heteroatoms. The first-order chi connectivity index (χ1) is 5.12. The third kappa shape index (κ3) is 6.74. The van der Waals surface area contributed by atoms with Crippen LogP contribution in [0.3, 0.4) is 0 Å². The topological polar surface area (TPSA) is 18.5 Å². The summed E-state index contributed by atoms with van der Waals surface area (Å²) in [5, 5.41) is 0. The van der Waals surface area contributed by atoms with Crippen LogP contribution < -0.4 is 0 Å². The van der Waals surface area contributed by atoms with Crippen molar-refractivity contribution in [3.8, 4) is 0 Å². The van der Waals surface area contributed by atoms with Crippen molar-refractivity contribution in [2.45, 2.75) is 32.6 Å². The Kier molecular flexibility index (Phi) is 6.13. The summed E-state index contributed by atoms with van der Waals surface area (Å²) in [5.41, 5.74) is 0. The van der Waals surface area contributed by atoms with E-state index in [-0.39, 0.29) is 9.76 Å². The first-order valence-electron chi connectivity index (χ1n) is 4.34. The van der Waals surface area contributed by atoms with Crippen molar-refractivity contribution in [1.29, 1.82) is 0 Å². The van der Waals surface area contributed by atoms with Crippen molar-refractivity contribution in [2.75, 3.05) is 13.2 Å². The van der Waals surface area contributed by atoms with Crippen LogP contribution in [0.2, 0.25) is 25.7 Å². The second kappa shape index (κ2) is 5.94. The van der Waals surface area contributed by atoms with E-state index in [4.69, 9.17) is 8.85 Å². The van der Waals surface area contributed by atoms with Crippen LogP contribution in [0.25, 0.3) is 0 Å². The lowest BCUT2D eigenvalue weighted by atomic mass is 10.8. The second-order valence-corrected chi connectivity index (χ2v) is 8.89. The van der Waals surface area contributed by atoms with Gasteiger partial charge in [-0.1, -0.05) is 6.55 Å². The van der Waals surface area contributed by atoms with E-state index in [1.165, 1.54) is 0 Å². The summed E-state index contributed by atoms with van der Waals surface area (Å²) >= 11 is 0. The van der Waals surface area contributed by atoms with Crippen molar-refractivity contribution in [1.82, 2.24) is 0 Å². The molecule has 0 aromatic carbocycles. The Morgan fingerprint density at radius 1 is 1.36 bits per heavy atom. The molecule has 0 aromatic rings. The van der Waals surface area contributed by atoms with Crippen LogP contribution in [-0.2, 0) is 8.85 Å². The lowest BCUT2D eigenvalue weighted by Crippen LogP contribution is -2.32. The predicted octanol–water partition coefficient (Wildman–Crippen LogP) is 1.38. The summed E-state index contributed by atoms with van der Waals surface area (Å²) in [6.07, 6.45) is 0. The minimum absolute atomic E-state index is 0.218. The lowest BCUT2D eigenvalue weighted by Gasteiger charge is -2.21. The SMILES string of the molecule is CCOCC[Si](C)(C)O[SiH2]C. The minimum atomic E-state index is -1.30. The third-order valence-electron chi connectivity index (χ3n) is 1.59. The van der Waals surface area contributed by atoms with Crippen LogP contribution >= 0.6 is 0 Å². The highest BCUT2D eigenvalue weighted by molar-refractivity contribution is 6.75. The van der Waals surface area contributed by atoms with E-state index in [0.717, 1.165) is 19.3 Å². The molecular formula is C7H20O2Si2. The Bertz CT molecular complexity index is 96.4. The monoisotopic (exact) mass is 192 g/mol. The first kappa shape index (κ1) is 11.4. The van der Waals surface area contributed by atoms with Gasteiger partial charge >= 0.3 is 0 Å². The molecular weight excluding hydrogens is 172 g/mol. The fourth-order valence-corrected chi connectivity index (χ4v) is 5.26. The van der Waals surface area contributed by atoms with Crippen LogP contribution in [0.5, 0.6) is 0 Å². The fraction of sp³-hybridized carbons (Fsp3) is 1.00. The molecule has 0 aromatic heterocycles. The Labute approximate surface area is 73.4 Å². The molecule has 0 aliphatic rings.